The van der Waals surface area contributed by atoms with E-state index in [1.807, 2.05) is 6.07 Å². The number of carbonyl (C=O) groups excluding carboxylic acids is 2. The Morgan fingerprint density at radius 1 is 0.865 bits per heavy atom. The van der Waals surface area contributed by atoms with Crippen molar-refractivity contribution in [2.24, 2.45) is 14.1 Å². The fourth-order valence-electron chi connectivity index (χ4n) is 4.57. The number of likely N-dealkylation sites (tertiary alicyclic amines) is 1. The van der Waals surface area contributed by atoms with Gasteiger partial charge in [0.25, 0.3) is 5.56 Å². The average molecular weight is 505 g/mol. The number of piperidine rings is 1. The maximum Gasteiger partial charge on any atom is 0.338 e. The van der Waals surface area contributed by atoms with Crippen molar-refractivity contribution in [3.05, 3.63) is 98.2 Å². The summed E-state index contributed by atoms with van der Waals surface area (Å²) >= 11 is 0. The van der Waals surface area contributed by atoms with Crippen LogP contribution in [0.15, 0.2) is 70.3 Å². The largest absolute Gasteiger partial charge is 0.456 e. The van der Waals surface area contributed by atoms with E-state index in [0.717, 1.165) is 30.5 Å². The lowest BCUT2D eigenvalue weighted by molar-refractivity contribution is 0.0219. The second kappa shape index (κ2) is 11.8. The summed E-state index contributed by atoms with van der Waals surface area (Å²) in [7, 11) is 2.85. The maximum absolute atomic E-state index is 13.4. The second-order valence-electron chi connectivity index (χ2n) is 9.26. The van der Waals surface area contributed by atoms with Gasteiger partial charge in [-0.2, -0.15) is 0 Å². The van der Waals surface area contributed by atoms with Crippen LogP contribution in [0.4, 0.5) is 5.82 Å². The molecule has 0 saturated carbocycles. The van der Waals surface area contributed by atoms with Gasteiger partial charge in [0.2, 0.25) is 5.78 Å². The predicted molar refractivity (Wildman–Crippen MR) is 141 cm³/mol. The van der Waals surface area contributed by atoms with E-state index in [0.29, 0.717) is 17.7 Å². The summed E-state index contributed by atoms with van der Waals surface area (Å²) in [6.07, 6.45) is 2.74. The number of ether oxygens (including phenoxy) is 1. The van der Waals surface area contributed by atoms with Crippen molar-refractivity contribution in [3.63, 3.8) is 0 Å². The first kappa shape index (κ1) is 26.1. The van der Waals surface area contributed by atoms with E-state index in [4.69, 9.17) is 4.74 Å². The monoisotopic (exact) mass is 504 g/mol. The first-order valence-corrected chi connectivity index (χ1v) is 12.5. The zero-order valence-electron chi connectivity index (χ0n) is 21.2. The Hall–Kier alpha value is -3.98. The van der Waals surface area contributed by atoms with E-state index in [9.17, 15) is 19.2 Å². The molecule has 1 aromatic heterocycles. The smallest absolute Gasteiger partial charge is 0.338 e. The summed E-state index contributed by atoms with van der Waals surface area (Å²) in [6, 6.07) is 17.2. The average Bonchev–Trinajstić information content (AvgIpc) is 2.94. The van der Waals surface area contributed by atoms with Crippen molar-refractivity contribution in [2.75, 3.05) is 31.5 Å². The molecule has 1 atom stereocenters. The van der Waals surface area contributed by atoms with Gasteiger partial charge in [-0.1, -0.05) is 55.0 Å². The van der Waals surface area contributed by atoms with Crippen molar-refractivity contribution in [2.45, 2.75) is 25.4 Å². The number of anilines is 1. The molecule has 1 fully saturated rings. The summed E-state index contributed by atoms with van der Waals surface area (Å²) in [5.74, 6) is -0.850. The fourth-order valence-corrected chi connectivity index (χ4v) is 4.57. The third-order valence-corrected chi connectivity index (χ3v) is 6.62. The van der Waals surface area contributed by atoms with Crippen molar-refractivity contribution < 1.29 is 14.3 Å². The molecule has 2 aromatic carbocycles. The normalized spacial score (nSPS) is 14.6. The molecule has 1 aliphatic rings. The van der Waals surface area contributed by atoms with Crippen LogP contribution in [0, 0.1) is 0 Å². The van der Waals surface area contributed by atoms with Crippen molar-refractivity contribution in [1.82, 2.24) is 14.0 Å². The minimum Gasteiger partial charge on any atom is -0.456 e. The Balaban J connectivity index is 1.64. The minimum absolute atomic E-state index is 0.0985. The minimum atomic E-state index is -0.687. The van der Waals surface area contributed by atoms with E-state index in [2.05, 4.69) is 10.2 Å². The molecule has 9 nitrogen and oxygen atoms in total. The molecule has 0 aliphatic carbocycles. The maximum atomic E-state index is 13.4. The van der Waals surface area contributed by atoms with E-state index in [-0.39, 0.29) is 17.9 Å². The molecule has 4 rings (SSSR count). The van der Waals surface area contributed by atoms with Crippen LogP contribution in [0.25, 0.3) is 0 Å². The Morgan fingerprint density at radius 2 is 1.46 bits per heavy atom. The summed E-state index contributed by atoms with van der Waals surface area (Å²) in [5, 5.41) is 3.11. The van der Waals surface area contributed by atoms with Crippen LogP contribution in [0.3, 0.4) is 0 Å². The van der Waals surface area contributed by atoms with Gasteiger partial charge < -0.3 is 10.1 Å². The number of hydrogen-bond donors (Lipinski definition) is 1. The zero-order valence-corrected chi connectivity index (χ0v) is 21.2. The summed E-state index contributed by atoms with van der Waals surface area (Å²) in [6.45, 7) is 2.42. The number of aromatic nitrogens is 2. The second-order valence-corrected chi connectivity index (χ2v) is 9.26. The van der Waals surface area contributed by atoms with Crippen LogP contribution >= 0.6 is 0 Å². The van der Waals surface area contributed by atoms with E-state index in [1.54, 1.807) is 54.6 Å². The predicted octanol–water partition coefficient (Wildman–Crippen LogP) is 2.44. The lowest BCUT2D eigenvalue weighted by Gasteiger charge is -2.30. The zero-order chi connectivity index (χ0) is 26.4. The van der Waals surface area contributed by atoms with Gasteiger partial charge in [-0.25, -0.2) is 9.59 Å². The third-order valence-electron chi connectivity index (χ3n) is 6.62. The molecule has 1 aliphatic heterocycles. The van der Waals surface area contributed by atoms with Crippen molar-refractivity contribution >= 4 is 17.6 Å². The summed E-state index contributed by atoms with van der Waals surface area (Å²) in [4.78, 5) is 54.3. The number of hydrogen-bond acceptors (Lipinski definition) is 7. The molecule has 3 aromatic rings. The Bertz CT molecular complexity index is 1360. The molecular formula is C28H32N4O5. The van der Waals surface area contributed by atoms with Gasteiger partial charge in [0, 0.05) is 26.2 Å². The Kier molecular flexibility index (Phi) is 8.35. The van der Waals surface area contributed by atoms with E-state index in [1.165, 1.54) is 25.1 Å². The number of ketones is 1. The lowest BCUT2D eigenvalue weighted by Crippen LogP contribution is -2.44. The number of carbonyl (C=O) groups is 2. The van der Waals surface area contributed by atoms with Crippen LogP contribution in [0.5, 0.6) is 0 Å². The van der Waals surface area contributed by atoms with E-state index < -0.39 is 29.1 Å². The van der Waals surface area contributed by atoms with Gasteiger partial charge in [-0.3, -0.25) is 23.6 Å². The topological polar surface area (TPSA) is 103 Å². The molecular weight excluding hydrogens is 472 g/mol. The standard InChI is InChI=1S/C28H32N4O5/c1-30-25(23(26(34)31(2)28(30)36)24(33)20-12-6-3-7-13-20)29-18-22(19-32-16-10-5-11-17-32)37-27(35)21-14-8-4-9-15-21/h3-4,6-9,12-15,22,29H,5,10-11,16-19H2,1-2H3. The Morgan fingerprint density at radius 3 is 2.08 bits per heavy atom. The van der Waals surface area contributed by atoms with Crippen LogP contribution < -0.4 is 16.6 Å². The van der Waals surface area contributed by atoms with Crippen LogP contribution in [-0.2, 0) is 18.8 Å². The van der Waals surface area contributed by atoms with Crippen molar-refractivity contribution in [3.8, 4) is 0 Å². The number of nitrogens with zero attached hydrogens (tertiary/aromatic N) is 3. The molecule has 0 bridgehead atoms. The quantitative estimate of drug-likeness (QED) is 0.353. The molecule has 0 spiro atoms. The van der Waals surface area contributed by atoms with Crippen LogP contribution in [-0.4, -0.2) is 58.1 Å². The van der Waals surface area contributed by atoms with Gasteiger partial charge in [0.05, 0.1) is 12.1 Å². The highest BCUT2D eigenvalue weighted by atomic mass is 16.5. The van der Waals surface area contributed by atoms with Crippen molar-refractivity contribution in [1.29, 1.82) is 0 Å². The molecule has 1 unspecified atom stereocenters. The lowest BCUT2D eigenvalue weighted by atomic mass is 10.0. The molecule has 1 N–H and O–H groups in total. The van der Waals surface area contributed by atoms with Gasteiger partial charge in [-0.05, 0) is 38.1 Å². The molecule has 0 amide bonds. The van der Waals surface area contributed by atoms with E-state index >= 15 is 0 Å². The van der Waals surface area contributed by atoms with Gasteiger partial charge >= 0.3 is 11.7 Å². The highest BCUT2D eigenvalue weighted by molar-refractivity contribution is 6.11. The summed E-state index contributed by atoms with van der Waals surface area (Å²) < 4.78 is 8.03. The first-order chi connectivity index (χ1) is 17.9. The molecule has 194 valence electrons. The van der Waals surface area contributed by atoms with Gasteiger partial charge in [0.15, 0.2) is 0 Å². The van der Waals surface area contributed by atoms with Crippen LogP contribution in [0.1, 0.15) is 45.5 Å². The fraction of sp³-hybridized carbons (Fsp3) is 0.357. The highest BCUT2D eigenvalue weighted by Gasteiger charge is 2.26. The molecule has 37 heavy (non-hydrogen) atoms. The molecule has 0 radical (unpaired) electrons. The van der Waals surface area contributed by atoms with Gasteiger partial charge in [-0.15, -0.1) is 0 Å². The highest BCUT2D eigenvalue weighted by Crippen LogP contribution is 2.16. The third kappa shape index (κ3) is 6.06. The van der Waals surface area contributed by atoms with Gasteiger partial charge in [0.1, 0.15) is 17.5 Å². The molecule has 2 heterocycles. The SMILES string of the molecule is Cn1c(NCC(CN2CCCCC2)OC(=O)c2ccccc2)c(C(=O)c2ccccc2)c(=O)n(C)c1=O. The molecule has 1 saturated heterocycles. The number of rotatable bonds is 9. The van der Waals surface area contributed by atoms with Crippen LogP contribution in [0.2, 0.25) is 0 Å². The number of nitrogens with one attached hydrogen (secondary N) is 1. The Labute approximate surface area is 215 Å². The first-order valence-electron chi connectivity index (χ1n) is 12.5. The number of benzene rings is 2. The summed E-state index contributed by atoms with van der Waals surface area (Å²) in [5.41, 5.74) is -0.616. The molecule has 9 heteroatoms. The number of esters is 1.